The van der Waals surface area contributed by atoms with Gasteiger partial charge in [-0.2, -0.15) is 0 Å². The number of aryl methyl sites for hydroxylation is 2. The lowest BCUT2D eigenvalue weighted by molar-refractivity contribution is -0.123. The van der Waals surface area contributed by atoms with Crippen LogP contribution in [0.25, 0.3) is 0 Å². The molecule has 1 amide bonds. The van der Waals surface area contributed by atoms with Crippen molar-refractivity contribution in [2.45, 2.75) is 18.4 Å². The molecule has 0 bridgehead atoms. The maximum absolute atomic E-state index is 12.7. The fourth-order valence-corrected chi connectivity index (χ4v) is 3.53. The molecule has 1 heterocycles. The predicted molar refractivity (Wildman–Crippen MR) is 77.2 cm³/mol. The first kappa shape index (κ1) is 11.7. The highest BCUT2D eigenvalue weighted by Gasteiger charge is 2.48. The molecule has 0 unspecified atom stereocenters. The third kappa shape index (κ3) is 1.41. The molecule has 0 aromatic heterocycles. The zero-order valence-electron chi connectivity index (χ0n) is 11.1. The highest BCUT2D eigenvalue weighted by Crippen LogP contribution is 2.39. The molecule has 100 valence electrons. The summed E-state index contributed by atoms with van der Waals surface area (Å²) in [5, 5.41) is 6.35. The van der Waals surface area contributed by atoms with Gasteiger partial charge in [-0.15, -0.1) is 0 Å². The monoisotopic (exact) mass is 264 g/mol. The number of fused-ring (bicyclic) bond motifs is 4. The van der Waals surface area contributed by atoms with Gasteiger partial charge < -0.3 is 5.32 Å². The number of rotatable bonds is 0. The lowest BCUT2D eigenvalue weighted by atomic mass is 9.80. The van der Waals surface area contributed by atoms with Gasteiger partial charge >= 0.3 is 0 Å². The minimum Gasteiger partial charge on any atom is -0.341 e. The lowest BCUT2D eigenvalue weighted by Crippen LogP contribution is -2.45. The van der Waals surface area contributed by atoms with Crippen molar-refractivity contribution >= 4 is 5.91 Å². The van der Waals surface area contributed by atoms with E-state index in [9.17, 15) is 4.79 Å². The largest absolute Gasteiger partial charge is 0.341 e. The van der Waals surface area contributed by atoms with Gasteiger partial charge in [0.2, 0.25) is 0 Å². The molecule has 0 atom stereocenters. The molecule has 2 N–H and O–H groups in total. The first-order valence-electron chi connectivity index (χ1n) is 7.02. The van der Waals surface area contributed by atoms with E-state index >= 15 is 0 Å². The molecule has 0 saturated carbocycles. The summed E-state index contributed by atoms with van der Waals surface area (Å²) < 4.78 is 0. The van der Waals surface area contributed by atoms with Crippen LogP contribution in [-0.2, 0) is 23.2 Å². The zero-order chi connectivity index (χ0) is 13.6. The first-order valence-corrected chi connectivity index (χ1v) is 7.02. The van der Waals surface area contributed by atoms with Crippen molar-refractivity contribution in [3.63, 3.8) is 0 Å². The Morgan fingerprint density at radius 3 is 1.90 bits per heavy atom. The van der Waals surface area contributed by atoms with Crippen LogP contribution in [0, 0.1) is 0 Å². The first-order chi connectivity index (χ1) is 9.82. The summed E-state index contributed by atoms with van der Waals surface area (Å²) in [6, 6.07) is 16.6. The molecule has 3 heteroatoms. The Kier molecular flexibility index (Phi) is 2.44. The number of benzene rings is 2. The maximum Gasteiger partial charge on any atom is 0.250 e. The second-order valence-electron chi connectivity index (χ2n) is 5.42. The fraction of sp³-hybridized carbons (Fsp3) is 0.235. The van der Waals surface area contributed by atoms with Crippen LogP contribution in [0.5, 0.6) is 0 Å². The van der Waals surface area contributed by atoms with E-state index in [1.807, 2.05) is 12.1 Å². The van der Waals surface area contributed by atoms with Crippen molar-refractivity contribution in [1.82, 2.24) is 10.6 Å². The van der Waals surface area contributed by atoms with Gasteiger partial charge in [-0.3, -0.25) is 10.1 Å². The highest BCUT2D eigenvalue weighted by atomic mass is 16.2. The Morgan fingerprint density at radius 2 is 1.40 bits per heavy atom. The van der Waals surface area contributed by atoms with E-state index in [2.05, 4.69) is 47.0 Å². The maximum atomic E-state index is 12.7. The summed E-state index contributed by atoms with van der Waals surface area (Å²) in [6.07, 6.45) is 1.95. The summed E-state index contributed by atoms with van der Waals surface area (Å²) in [6.45, 7) is 0.515. The normalized spacial score (nSPS) is 19.1. The topological polar surface area (TPSA) is 41.1 Å². The van der Waals surface area contributed by atoms with E-state index in [-0.39, 0.29) is 5.91 Å². The summed E-state index contributed by atoms with van der Waals surface area (Å²) >= 11 is 0. The van der Waals surface area contributed by atoms with Crippen LogP contribution in [0.15, 0.2) is 48.5 Å². The second kappa shape index (κ2) is 4.18. The van der Waals surface area contributed by atoms with E-state index < -0.39 is 5.54 Å². The molecule has 1 spiro atoms. The number of hydrogen-bond acceptors (Lipinski definition) is 2. The van der Waals surface area contributed by atoms with E-state index in [1.165, 1.54) is 11.1 Å². The third-order valence-corrected chi connectivity index (χ3v) is 4.45. The molecule has 4 rings (SSSR count). The average Bonchev–Trinajstić information content (AvgIpc) is 2.81. The molecule has 3 nitrogen and oxygen atoms in total. The van der Waals surface area contributed by atoms with Crippen molar-refractivity contribution in [3.05, 3.63) is 70.8 Å². The van der Waals surface area contributed by atoms with Gasteiger partial charge in [0.1, 0.15) is 0 Å². The molecular formula is C17H16N2O. The smallest absolute Gasteiger partial charge is 0.250 e. The van der Waals surface area contributed by atoms with E-state index in [4.69, 9.17) is 0 Å². The Morgan fingerprint density at radius 1 is 0.850 bits per heavy atom. The zero-order valence-corrected chi connectivity index (χ0v) is 11.1. The van der Waals surface area contributed by atoms with Gasteiger partial charge in [0.15, 0.2) is 5.54 Å². The fourth-order valence-electron chi connectivity index (χ4n) is 3.53. The summed E-state index contributed by atoms with van der Waals surface area (Å²) in [7, 11) is 0. The highest BCUT2D eigenvalue weighted by molar-refractivity contribution is 5.94. The molecular weight excluding hydrogens is 248 g/mol. The third-order valence-electron chi connectivity index (χ3n) is 4.45. The van der Waals surface area contributed by atoms with E-state index in [0.717, 1.165) is 24.0 Å². The van der Waals surface area contributed by atoms with Gasteiger partial charge in [-0.25, -0.2) is 0 Å². The van der Waals surface area contributed by atoms with Crippen LogP contribution in [-0.4, -0.2) is 12.6 Å². The summed E-state index contributed by atoms with van der Waals surface area (Å²) in [4.78, 5) is 12.7. The average molecular weight is 264 g/mol. The quantitative estimate of drug-likeness (QED) is 0.760. The molecule has 0 radical (unpaired) electrons. The number of hydrogen-bond donors (Lipinski definition) is 2. The van der Waals surface area contributed by atoms with Crippen molar-refractivity contribution in [3.8, 4) is 0 Å². The molecule has 2 aromatic carbocycles. The second-order valence-corrected chi connectivity index (χ2v) is 5.42. The van der Waals surface area contributed by atoms with Gasteiger partial charge in [-0.05, 0) is 35.1 Å². The van der Waals surface area contributed by atoms with Crippen LogP contribution < -0.4 is 10.6 Å². The van der Waals surface area contributed by atoms with Crippen LogP contribution in [0.4, 0.5) is 0 Å². The van der Waals surface area contributed by atoms with Crippen molar-refractivity contribution < 1.29 is 4.79 Å². The summed E-state index contributed by atoms with van der Waals surface area (Å²) in [5.74, 6) is 0.0549. The molecule has 1 aliphatic heterocycles. The van der Waals surface area contributed by atoms with Gasteiger partial charge in [0, 0.05) is 0 Å². The van der Waals surface area contributed by atoms with Crippen molar-refractivity contribution in [2.24, 2.45) is 0 Å². The number of nitrogens with one attached hydrogen (secondary N) is 2. The predicted octanol–water partition coefficient (Wildman–Crippen LogP) is 1.71. The molecule has 2 aromatic rings. The molecule has 20 heavy (non-hydrogen) atoms. The minimum atomic E-state index is -0.719. The van der Waals surface area contributed by atoms with E-state index in [0.29, 0.717) is 6.67 Å². The van der Waals surface area contributed by atoms with Crippen molar-refractivity contribution in [2.75, 3.05) is 6.67 Å². The van der Waals surface area contributed by atoms with Crippen LogP contribution in [0.2, 0.25) is 0 Å². The van der Waals surface area contributed by atoms with Crippen LogP contribution in [0.1, 0.15) is 22.3 Å². The number of amides is 1. The standard InChI is InChI=1S/C17H16N2O/c20-16-17(19-11-18-16)14-7-3-1-5-12(14)9-10-13-6-2-4-8-15(13)17/h1-8,19H,9-11H2,(H,18,20). The number of carbonyl (C=O) groups excluding carboxylic acids is 1. The van der Waals surface area contributed by atoms with Gasteiger partial charge in [-0.1, -0.05) is 48.5 Å². The molecule has 1 saturated heterocycles. The van der Waals surface area contributed by atoms with Crippen LogP contribution in [0.3, 0.4) is 0 Å². The van der Waals surface area contributed by atoms with E-state index in [1.54, 1.807) is 0 Å². The summed E-state index contributed by atoms with van der Waals surface area (Å²) in [5.41, 5.74) is 3.99. The lowest BCUT2D eigenvalue weighted by Gasteiger charge is -2.29. The van der Waals surface area contributed by atoms with Gasteiger partial charge in [0.05, 0.1) is 6.67 Å². The van der Waals surface area contributed by atoms with Gasteiger partial charge in [0.25, 0.3) is 5.91 Å². The van der Waals surface area contributed by atoms with Crippen molar-refractivity contribution in [1.29, 1.82) is 0 Å². The minimum absolute atomic E-state index is 0.0549. The Bertz CT molecular complexity index is 645. The molecule has 2 aliphatic rings. The SMILES string of the molecule is O=C1NCNC12c1ccccc1CCc1ccccc12. The Labute approximate surface area is 118 Å². The Balaban J connectivity index is 2.07. The number of carbonyl (C=O) groups is 1. The van der Waals surface area contributed by atoms with Crippen LogP contribution >= 0.6 is 0 Å². The molecule has 1 fully saturated rings. The Hall–Kier alpha value is -2.13. The molecule has 1 aliphatic carbocycles.